The molecule has 0 aliphatic heterocycles. The molecular weight excluding hydrogens is 520 g/mol. The second kappa shape index (κ2) is 15.4. The lowest BCUT2D eigenvalue weighted by atomic mass is 9.91. The molecule has 0 saturated carbocycles. The van der Waals surface area contributed by atoms with E-state index in [2.05, 4.69) is 48.1 Å². The zero-order valence-corrected chi connectivity index (χ0v) is 24.7. The van der Waals surface area contributed by atoms with Gasteiger partial charge in [0.2, 0.25) is 0 Å². The summed E-state index contributed by atoms with van der Waals surface area (Å²) in [7, 11) is 2.90. The molecule has 0 unspecified atom stereocenters. The molecule has 0 aliphatic rings. The maximum Gasteiger partial charge on any atom is 0.255 e. The number of carbonyl (C=O) groups excluding carboxylic acids is 2. The van der Waals surface area contributed by atoms with E-state index in [9.17, 15) is 9.59 Å². The molecule has 0 aliphatic carbocycles. The quantitative estimate of drug-likeness (QED) is 0.243. The fourth-order valence-corrected chi connectivity index (χ4v) is 4.68. The maximum atomic E-state index is 13.6. The van der Waals surface area contributed by atoms with Gasteiger partial charge in [-0.2, -0.15) is 0 Å². The molecule has 2 aromatic rings. The van der Waals surface area contributed by atoms with Crippen LogP contribution in [0.2, 0.25) is 5.02 Å². The Morgan fingerprint density at radius 1 is 0.795 bits per heavy atom. The molecule has 0 fully saturated rings. The van der Waals surface area contributed by atoms with Gasteiger partial charge in [0.1, 0.15) is 11.5 Å². The molecule has 39 heavy (non-hydrogen) atoms. The van der Waals surface area contributed by atoms with E-state index in [4.69, 9.17) is 32.5 Å². The van der Waals surface area contributed by atoms with Crippen LogP contribution < -0.4 is 31.6 Å². The summed E-state index contributed by atoms with van der Waals surface area (Å²) in [4.78, 5) is 31.6. The topological polar surface area (TPSA) is 135 Å². The molecule has 0 atom stereocenters. The molecule has 2 amide bonds. The Morgan fingerprint density at radius 2 is 1.26 bits per heavy atom. The SMILES string of the molecule is CCN(CC)CCNC(=O)c1c(OC)cc(N)cc1-c1c(Cl)c(N)cc(OC)c1C(=O)NCCN(CC)CC. The maximum absolute atomic E-state index is 13.6. The Labute approximate surface area is 236 Å². The van der Waals surface area contributed by atoms with Gasteiger partial charge in [0.15, 0.2) is 0 Å². The molecule has 216 valence electrons. The second-order valence-corrected chi connectivity index (χ2v) is 9.32. The summed E-state index contributed by atoms with van der Waals surface area (Å²) in [6.07, 6.45) is 0. The van der Waals surface area contributed by atoms with Crippen LogP contribution in [0.3, 0.4) is 0 Å². The molecule has 0 aromatic heterocycles. The Balaban J connectivity index is 2.65. The van der Waals surface area contributed by atoms with Gasteiger partial charge in [-0.25, -0.2) is 0 Å². The van der Waals surface area contributed by atoms with Crippen LogP contribution in [0.4, 0.5) is 11.4 Å². The Kier molecular flexibility index (Phi) is 12.6. The number of amides is 2. The first-order chi connectivity index (χ1) is 18.7. The number of ether oxygens (including phenoxy) is 2. The summed E-state index contributed by atoms with van der Waals surface area (Å²) in [6, 6.07) is 4.65. The number of nitrogens with zero attached hydrogens (tertiary/aromatic N) is 2. The van der Waals surface area contributed by atoms with Crippen LogP contribution in [-0.4, -0.2) is 88.2 Å². The number of nitrogen functional groups attached to an aromatic ring is 2. The van der Waals surface area contributed by atoms with Gasteiger partial charge in [-0.05, 0) is 32.2 Å². The van der Waals surface area contributed by atoms with Crippen LogP contribution >= 0.6 is 11.6 Å². The van der Waals surface area contributed by atoms with E-state index in [-0.39, 0.29) is 44.8 Å². The number of nitrogens with two attached hydrogens (primary N) is 2. The third-order valence-electron chi connectivity index (χ3n) is 6.76. The van der Waals surface area contributed by atoms with Crippen molar-refractivity contribution in [3.63, 3.8) is 0 Å². The van der Waals surface area contributed by atoms with Crippen molar-refractivity contribution < 1.29 is 19.1 Å². The predicted octanol–water partition coefficient (Wildman–Crippen LogP) is 3.33. The Hall–Kier alpha value is -3.21. The summed E-state index contributed by atoms with van der Waals surface area (Å²) >= 11 is 6.75. The lowest BCUT2D eigenvalue weighted by Gasteiger charge is -2.22. The highest BCUT2D eigenvalue weighted by atomic mass is 35.5. The summed E-state index contributed by atoms with van der Waals surface area (Å²) in [5.41, 5.74) is 13.9. The molecule has 10 nitrogen and oxygen atoms in total. The zero-order chi connectivity index (χ0) is 29.1. The minimum absolute atomic E-state index is 0.106. The molecule has 2 rings (SSSR count). The van der Waals surface area contributed by atoms with Gasteiger partial charge >= 0.3 is 0 Å². The molecule has 0 saturated heterocycles. The number of hydrogen-bond donors (Lipinski definition) is 4. The summed E-state index contributed by atoms with van der Waals surface area (Å²) in [6.45, 7) is 13.9. The summed E-state index contributed by atoms with van der Waals surface area (Å²) in [5, 5.41) is 6.02. The van der Waals surface area contributed by atoms with E-state index in [1.54, 1.807) is 12.1 Å². The highest BCUT2D eigenvalue weighted by molar-refractivity contribution is 6.37. The van der Waals surface area contributed by atoms with E-state index in [0.29, 0.717) is 37.4 Å². The van der Waals surface area contributed by atoms with Crippen molar-refractivity contribution >= 4 is 34.8 Å². The lowest BCUT2D eigenvalue weighted by molar-refractivity contribution is 0.0936. The minimum Gasteiger partial charge on any atom is -0.496 e. The molecule has 0 spiro atoms. The van der Waals surface area contributed by atoms with Crippen molar-refractivity contribution in [1.29, 1.82) is 0 Å². The largest absolute Gasteiger partial charge is 0.496 e. The molecule has 6 N–H and O–H groups in total. The fraction of sp³-hybridized carbons (Fsp3) is 0.500. The number of benzene rings is 2. The summed E-state index contributed by atoms with van der Waals surface area (Å²) in [5.74, 6) is -0.332. The van der Waals surface area contributed by atoms with Gasteiger partial charge in [0.25, 0.3) is 11.8 Å². The van der Waals surface area contributed by atoms with Crippen LogP contribution in [0.5, 0.6) is 11.5 Å². The van der Waals surface area contributed by atoms with Gasteiger partial charge < -0.3 is 41.4 Å². The van der Waals surface area contributed by atoms with Gasteiger partial charge in [-0.1, -0.05) is 39.3 Å². The third kappa shape index (κ3) is 7.90. The smallest absolute Gasteiger partial charge is 0.255 e. The van der Waals surface area contributed by atoms with Crippen molar-refractivity contribution in [2.45, 2.75) is 27.7 Å². The molecule has 11 heteroatoms. The van der Waals surface area contributed by atoms with E-state index in [0.717, 1.165) is 26.2 Å². The third-order valence-corrected chi connectivity index (χ3v) is 7.17. The highest BCUT2D eigenvalue weighted by Gasteiger charge is 2.29. The van der Waals surface area contributed by atoms with Crippen molar-refractivity contribution in [3.05, 3.63) is 34.3 Å². The van der Waals surface area contributed by atoms with E-state index >= 15 is 0 Å². The number of methoxy groups -OCH3 is 2. The molecular formula is C28H43ClN6O4. The minimum atomic E-state index is -0.412. The number of nitrogens with one attached hydrogen (secondary N) is 2. The van der Waals surface area contributed by atoms with E-state index in [1.165, 1.54) is 20.3 Å². The highest BCUT2D eigenvalue weighted by Crippen LogP contribution is 2.44. The number of halogens is 1. The second-order valence-electron chi connectivity index (χ2n) is 8.94. The zero-order valence-electron chi connectivity index (χ0n) is 23.9. The van der Waals surface area contributed by atoms with Crippen molar-refractivity contribution in [1.82, 2.24) is 20.4 Å². The van der Waals surface area contributed by atoms with Crippen LogP contribution in [0, 0.1) is 0 Å². The average Bonchev–Trinajstić information content (AvgIpc) is 2.93. The summed E-state index contributed by atoms with van der Waals surface area (Å²) < 4.78 is 11.1. The van der Waals surface area contributed by atoms with Crippen molar-refractivity contribution in [3.8, 4) is 22.6 Å². The van der Waals surface area contributed by atoms with Gasteiger partial charge in [0, 0.05) is 55.1 Å². The van der Waals surface area contributed by atoms with E-state index in [1.807, 2.05) is 0 Å². The fourth-order valence-electron chi connectivity index (χ4n) is 4.43. The van der Waals surface area contributed by atoms with Crippen molar-refractivity contribution in [2.24, 2.45) is 0 Å². The van der Waals surface area contributed by atoms with Gasteiger partial charge in [-0.15, -0.1) is 0 Å². The van der Waals surface area contributed by atoms with Crippen LogP contribution in [0.1, 0.15) is 48.4 Å². The molecule has 0 radical (unpaired) electrons. The number of rotatable bonds is 15. The number of carbonyl (C=O) groups is 2. The van der Waals surface area contributed by atoms with Crippen LogP contribution in [0.25, 0.3) is 11.1 Å². The first kappa shape index (κ1) is 32.0. The Bertz CT molecular complexity index is 1140. The first-order valence-electron chi connectivity index (χ1n) is 13.3. The number of hydrogen-bond acceptors (Lipinski definition) is 8. The molecule has 2 aromatic carbocycles. The predicted molar refractivity (Wildman–Crippen MR) is 159 cm³/mol. The number of anilines is 2. The van der Waals surface area contributed by atoms with Gasteiger partial charge in [0.05, 0.1) is 36.1 Å². The van der Waals surface area contributed by atoms with Crippen molar-refractivity contribution in [2.75, 3.05) is 78.0 Å². The van der Waals surface area contributed by atoms with Crippen LogP contribution in [-0.2, 0) is 0 Å². The average molecular weight is 563 g/mol. The normalized spacial score (nSPS) is 11.1. The monoisotopic (exact) mass is 562 g/mol. The standard InChI is InChI=1S/C28H43ClN6O4/c1-7-34(8-2)13-11-32-27(36)23-19(15-18(30)16-21(23)38-5)24-25(22(39-6)17-20(31)26(24)29)28(37)33-12-14-35(9-3)10-4/h15-17H,7-14,30-31H2,1-6H3,(H,32,36)(H,33,37). The van der Waals surface area contributed by atoms with Gasteiger partial charge in [-0.3, -0.25) is 9.59 Å². The molecule has 0 heterocycles. The Morgan fingerprint density at radius 3 is 1.72 bits per heavy atom. The molecule has 0 bridgehead atoms. The van der Waals surface area contributed by atoms with E-state index < -0.39 is 5.91 Å². The lowest BCUT2D eigenvalue weighted by Crippen LogP contribution is -2.35. The van der Waals surface area contributed by atoms with Crippen LogP contribution in [0.15, 0.2) is 18.2 Å². The number of likely N-dealkylation sites (N-methyl/N-ethyl adjacent to an activating group) is 2. The first-order valence-corrected chi connectivity index (χ1v) is 13.7.